The van der Waals surface area contributed by atoms with E-state index in [-0.39, 0.29) is 11.1 Å². The van der Waals surface area contributed by atoms with Crippen molar-refractivity contribution in [1.82, 2.24) is 0 Å². The van der Waals surface area contributed by atoms with Crippen molar-refractivity contribution in [2.24, 2.45) is 0 Å². The highest BCUT2D eigenvalue weighted by atomic mass is 79.9. The number of hydrogen-bond acceptors (Lipinski definition) is 3. The summed E-state index contributed by atoms with van der Waals surface area (Å²) in [5.74, 6) is 0. The molecule has 0 saturated heterocycles. The van der Waals surface area contributed by atoms with E-state index in [2.05, 4.69) is 20.5 Å². The lowest BCUT2D eigenvalue weighted by molar-refractivity contribution is -0.186. The van der Waals surface area contributed by atoms with Crippen LogP contribution in [0.2, 0.25) is 0 Å². The van der Waals surface area contributed by atoms with Crippen LogP contribution in [-0.4, -0.2) is 10.00 Å². The zero-order valence-electron chi connectivity index (χ0n) is 7.78. The highest BCUT2D eigenvalue weighted by Gasteiger charge is 2.36. The predicted octanol–water partition coefficient (Wildman–Crippen LogP) is 2.39. The molecule has 1 atom stereocenters. The molecule has 0 aliphatic heterocycles. The first kappa shape index (κ1) is 13.7. The Labute approximate surface area is 98.9 Å². The second-order valence-corrected chi connectivity index (χ2v) is 4.45. The van der Waals surface area contributed by atoms with Gasteiger partial charge in [0.05, 0.1) is 12.2 Å². The first-order chi connectivity index (χ1) is 7.36. The molecule has 2 N–H and O–H groups in total. The zero-order valence-corrected chi connectivity index (χ0v) is 10.4. The van der Waals surface area contributed by atoms with E-state index < -0.39 is 19.9 Å². The first-order valence-corrected chi connectivity index (χ1v) is 6.12. The molecule has 0 spiro atoms. The fourth-order valence-electron chi connectivity index (χ4n) is 1.06. The Bertz CT molecular complexity index is 413. The third-order valence-corrected chi connectivity index (χ3v) is 2.83. The first-order valence-electron chi connectivity index (χ1n) is 4.06. The van der Waals surface area contributed by atoms with Crippen LogP contribution >= 0.6 is 24.2 Å². The van der Waals surface area contributed by atoms with Gasteiger partial charge in [-0.1, -0.05) is 22.0 Å². The average Bonchev–Trinajstić information content (AvgIpc) is 2.14. The summed E-state index contributed by atoms with van der Waals surface area (Å²) in [5.41, 5.74) is -0.139. The zero-order chi connectivity index (χ0) is 12.3. The van der Waals surface area contributed by atoms with Crippen LogP contribution in [0.25, 0.3) is 0 Å². The summed E-state index contributed by atoms with van der Waals surface area (Å²) < 4.78 is 40.4. The Balaban J connectivity index is 3.08. The second kappa shape index (κ2) is 5.33. The van der Waals surface area contributed by atoms with Crippen LogP contribution in [0.3, 0.4) is 0 Å². The molecule has 8 heteroatoms. The summed E-state index contributed by atoms with van der Waals surface area (Å²) in [6.45, 7) is -0.290. The SMILES string of the molecule is O=[PH](O)OC(F)(F)c1ccc(CO)cc1Br. The molecule has 1 unspecified atom stereocenters. The Morgan fingerprint density at radius 1 is 1.50 bits per heavy atom. The fraction of sp³-hybridized carbons (Fsp3) is 0.250. The molecular weight excluding hydrogens is 309 g/mol. The van der Waals surface area contributed by atoms with Crippen LogP contribution in [0.15, 0.2) is 22.7 Å². The van der Waals surface area contributed by atoms with E-state index >= 15 is 0 Å². The smallest absolute Gasteiger partial charge is 0.390 e. The summed E-state index contributed by atoms with van der Waals surface area (Å²) in [4.78, 5) is 8.33. The molecule has 0 amide bonds. The summed E-state index contributed by atoms with van der Waals surface area (Å²) >= 11 is 2.87. The van der Waals surface area contributed by atoms with Crippen LogP contribution in [0.5, 0.6) is 0 Å². The van der Waals surface area contributed by atoms with E-state index in [4.69, 9.17) is 10.00 Å². The van der Waals surface area contributed by atoms with Crippen LogP contribution in [0.1, 0.15) is 11.1 Å². The van der Waals surface area contributed by atoms with Gasteiger partial charge in [-0.25, -0.2) is 4.52 Å². The van der Waals surface area contributed by atoms with E-state index in [1.807, 2.05) is 0 Å². The Morgan fingerprint density at radius 3 is 2.56 bits per heavy atom. The fourth-order valence-corrected chi connectivity index (χ4v) is 2.04. The van der Waals surface area contributed by atoms with Gasteiger partial charge < -0.3 is 10.00 Å². The van der Waals surface area contributed by atoms with Crippen molar-refractivity contribution in [3.63, 3.8) is 0 Å². The Hall–Kier alpha value is -0.330. The maximum Gasteiger partial charge on any atom is 0.390 e. The van der Waals surface area contributed by atoms with Crippen molar-refractivity contribution in [3.05, 3.63) is 33.8 Å². The highest BCUT2D eigenvalue weighted by molar-refractivity contribution is 9.10. The summed E-state index contributed by atoms with van der Waals surface area (Å²) in [5, 5.41) is 8.78. The van der Waals surface area contributed by atoms with Crippen LogP contribution in [0, 0.1) is 0 Å². The molecule has 4 nitrogen and oxygen atoms in total. The van der Waals surface area contributed by atoms with E-state index in [9.17, 15) is 13.3 Å². The van der Waals surface area contributed by atoms with Crippen molar-refractivity contribution in [2.45, 2.75) is 12.7 Å². The topological polar surface area (TPSA) is 66.8 Å². The third-order valence-electron chi connectivity index (χ3n) is 1.75. The lowest BCUT2D eigenvalue weighted by Crippen LogP contribution is -2.15. The van der Waals surface area contributed by atoms with Gasteiger partial charge in [-0.05, 0) is 17.7 Å². The maximum atomic E-state index is 13.3. The molecule has 0 saturated carbocycles. The number of rotatable bonds is 4. The van der Waals surface area contributed by atoms with Gasteiger partial charge in [-0.3, -0.25) is 4.57 Å². The van der Waals surface area contributed by atoms with E-state index in [0.29, 0.717) is 5.56 Å². The van der Waals surface area contributed by atoms with Gasteiger partial charge in [-0.2, -0.15) is 8.78 Å². The average molecular weight is 317 g/mol. The Morgan fingerprint density at radius 2 is 2.12 bits per heavy atom. The number of halogens is 3. The number of hydrogen-bond donors (Lipinski definition) is 2. The molecule has 90 valence electrons. The molecule has 0 aliphatic carbocycles. The summed E-state index contributed by atoms with van der Waals surface area (Å²) in [7, 11) is -3.74. The van der Waals surface area contributed by atoms with Gasteiger partial charge in [0.2, 0.25) is 0 Å². The van der Waals surface area contributed by atoms with Gasteiger partial charge in [0.1, 0.15) is 0 Å². The number of aliphatic hydroxyl groups excluding tert-OH is 1. The van der Waals surface area contributed by atoms with Crippen LogP contribution in [-0.2, 0) is 21.8 Å². The van der Waals surface area contributed by atoms with Crippen LogP contribution in [0.4, 0.5) is 8.78 Å². The molecule has 0 fully saturated rings. The molecule has 0 bridgehead atoms. The molecule has 16 heavy (non-hydrogen) atoms. The van der Waals surface area contributed by atoms with Crippen LogP contribution < -0.4 is 0 Å². The molecule has 1 aromatic carbocycles. The van der Waals surface area contributed by atoms with Crippen molar-refractivity contribution in [3.8, 4) is 0 Å². The third kappa shape index (κ3) is 3.33. The maximum absolute atomic E-state index is 13.3. The van der Waals surface area contributed by atoms with Gasteiger partial charge in [0, 0.05) is 4.47 Å². The van der Waals surface area contributed by atoms with Crippen molar-refractivity contribution in [2.75, 3.05) is 0 Å². The summed E-state index contributed by atoms with van der Waals surface area (Å²) in [6.07, 6.45) is -3.85. The molecule has 0 aliphatic rings. The molecule has 0 aromatic heterocycles. The standard InChI is InChI=1S/C8H8BrF2O4P/c9-7-3-5(4-12)1-2-6(7)8(10,11)15-16(13)14/h1-3,12,16H,4H2,(H,13,14). The minimum atomic E-state index is -3.85. The Kier molecular flexibility index (Phi) is 4.58. The number of benzene rings is 1. The van der Waals surface area contributed by atoms with Crippen molar-refractivity contribution < 1.29 is 27.9 Å². The predicted molar refractivity (Wildman–Crippen MR) is 56.3 cm³/mol. The number of alkyl halides is 2. The lowest BCUT2D eigenvalue weighted by atomic mass is 10.1. The van der Waals surface area contributed by atoms with E-state index in [0.717, 1.165) is 6.07 Å². The van der Waals surface area contributed by atoms with E-state index in [1.165, 1.54) is 12.1 Å². The minimum absolute atomic E-state index is 0.00713. The quantitative estimate of drug-likeness (QED) is 0.837. The number of aliphatic hydroxyl groups is 1. The monoisotopic (exact) mass is 316 g/mol. The van der Waals surface area contributed by atoms with Crippen molar-refractivity contribution in [1.29, 1.82) is 0 Å². The normalized spacial score (nSPS) is 13.8. The van der Waals surface area contributed by atoms with Gasteiger partial charge in [0.15, 0.2) is 0 Å². The van der Waals surface area contributed by atoms with Gasteiger partial charge in [-0.15, -0.1) is 0 Å². The molecule has 0 heterocycles. The molecule has 1 aromatic rings. The molecule has 0 radical (unpaired) electrons. The molecule has 1 rings (SSSR count). The van der Waals surface area contributed by atoms with Crippen molar-refractivity contribution >= 4 is 24.2 Å². The largest absolute Gasteiger partial charge is 0.392 e. The van der Waals surface area contributed by atoms with E-state index in [1.54, 1.807) is 0 Å². The summed E-state index contributed by atoms with van der Waals surface area (Å²) in [6, 6.07) is 3.56. The molecular formula is C8H8BrF2O4P. The minimum Gasteiger partial charge on any atom is -0.392 e. The second-order valence-electron chi connectivity index (χ2n) is 2.86. The lowest BCUT2D eigenvalue weighted by Gasteiger charge is -2.16. The highest BCUT2D eigenvalue weighted by Crippen LogP contribution is 2.40. The van der Waals surface area contributed by atoms with Gasteiger partial charge >= 0.3 is 14.4 Å². The van der Waals surface area contributed by atoms with Gasteiger partial charge in [0.25, 0.3) is 0 Å².